The lowest BCUT2D eigenvalue weighted by molar-refractivity contribution is -0.148. The zero-order valence-electron chi connectivity index (χ0n) is 18.0. The van der Waals surface area contributed by atoms with Gasteiger partial charge in [-0.3, -0.25) is 9.89 Å². The molecule has 174 valence electrons. The van der Waals surface area contributed by atoms with Crippen molar-refractivity contribution in [3.63, 3.8) is 0 Å². The van der Waals surface area contributed by atoms with Crippen LogP contribution in [0.15, 0.2) is 41.0 Å². The molecule has 0 spiro atoms. The second-order valence-electron chi connectivity index (χ2n) is 9.03. The number of furan rings is 1. The number of carboxylic acids is 1. The first kappa shape index (κ1) is 20.8. The van der Waals surface area contributed by atoms with Gasteiger partial charge in [0.05, 0.1) is 12.2 Å². The number of benzene rings is 1. The minimum atomic E-state index is -0.809. The molecule has 1 aromatic carbocycles. The van der Waals surface area contributed by atoms with Crippen molar-refractivity contribution in [3.8, 4) is 23.0 Å². The lowest BCUT2D eigenvalue weighted by Crippen LogP contribution is -2.51. The summed E-state index contributed by atoms with van der Waals surface area (Å²) < 4.78 is 33.7. The molecule has 3 fully saturated rings. The van der Waals surface area contributed by atoms with Crippen LogP contribution < -0.4 is 5.32 Å². The highest BCUT2D eigenvalue weighted by atomic mass is 19.1. The molecule has 0 amide bonds. The maximum absolute atomic E-state index is 14.2. The Balaban J connectivity index is 1.46. The number of halogens is 2. The number of aromatic amines is 1. The van der Waals surface area contributed by atoms with Crippen molar-refractivity contribution in [2.75, 3.05) is 5.32 Å². The zero-order valence-corrected chi connectivity index (χ0v) is 18.0. The van der Waals surface area contributed by atoms with Crippen molar-refractivity contribution >= 4 is 22.7 Å². The molecule has 0 radical (unpaired) electrons. The first-order valence-electron chi connectivity index (χ1n) is 11.2. The molecule has 3 aliphatic carbocycles. The molecule has 4 aromatic rings. The standard InChI is InChI=1S/C24H21F2N5O3/c25-13-8-14-21(15(26)9-13)30-31-22(14)23-27-16(17-2-1-7-34-17)10-18(29-23)28-20-12-5-3-11(4-6-12)19(20)24(32)33/h1-2,7-12,19-20H,3-6H2,(H,30,31)(H,32,33)(H,27,28,29)/t11?,12?,19-,20?/m1/s1. The number of aliphatic carboxylic acids is 1. The molecule has 34 heavy (non-hydrogen) atoms. The number of aromatic nitrogens is 4. The van der Waals surface area contributed by atoms with Crippen LogP contribution in [-0.2, 0) is 4.79 Å². The Kier molecular flexibility index (Phi) is 4.82. The summed E-state index contributed by atoms with van der Waals surface area (Å²) in [4.78, 5) is 21.2. The number of fused-ring (bicyclic) bond motifs is 4. The fourth-order valence-corrected chi connectivity index (χ4v) is 5.58. The number of hydrogen-bond acceptors (Lipinski definition) is 6. The van der Waals surface area contributed by atoms with E-state index in [0.717, 1.165) is 31.7 Å². The van der Waals surface area contributed by atoms with Crippen LogP contribution in [0.25, 0.3) is 33.9 Å². The Hall–Kier alpha value is -3.82. The molecule has 1 unspecified atom stereocenters. The summed E-state index contributed by atoms with van der Waals surface area (Å²) >= 11 is 0. The highest BCUT2D eigenvalue weighted by Gasteiger charge is 2.47. The van der Waals surface area contributed by atoms with Crippen LogP contribution in [0.1, 0.15) is 25.7 Å². The van der Waals surface area contributed by atoms with Crippen LogP contribution in [-0.4, -0.2) is 37.3 Å². The summed E-state index contributed by atoms with van der Waals surface area (Å²) in [7, 11) is 0. The number of H-pyrrole nitrogens is 1. The molecule has 3 N–H and O–H groups in total. The number of carboxylic acid groups (broad SMARTS) is 1. The summed E-state index contributed by atoms with van der Waals surface area (Å²) in [5.41, 5.74) is 0.677. The summed E-state index contributed by atoms with van der Waals surface area (Å²) in [6.07, 6.45) is 5.29. The quantitative estimate of drug-likeness (QED) is 0.385. The fourth-order valence-electron chi connectivity index (χ4n) is 5.58. The third-order valence-corrected chi connectivity index (χ3v) is 7.12. The summed E-state index contributed by atoms with van der Waals surface area (Å²) in [6.45, 7) is 0. The molecule has 3 heterocycles. The smallest absolute Gasteiger partial charge is 0.308 e. The Morgan fingerprint density at radius 1 is 1.12 bits per heavy atom. The van der Waals surface area contributed by atoms with Crippen molar-refractivity contribution in [2.45, 2.75) is 31.7 Å². The summed E-state index contributed by atoms with van der Waals surface area (Å²) in [5.74, 6) is -1.44. The van der Waals surface area contributed by atoms with E-state index >= 15 is 0 Å². The molecule has 2 bridgehead atoms. The van der Waals surface area contributed by atoms with Crippen molar-refractivity contribution < 1.29 is 23.1 Å². The Bertz CT molecular complexity index is 1380. The van der Waals surface area contributed by atoms with Gasteiger partial charge in [-0.05, 0) is 55.7 Å². The van der Waals surface area contributed by atoms with Crippen LogP contribution in [0.4, 0.5) is 14.6 Å². The second kappa shape index (κ2) is 7.89. The third-order valence-electron chi connectivity index (χ3n) is 7.12. The monoisotopic (exact) mass is 465 g/mol. The van der Waals surface area contributed by atoms with E-state index in [9.17, 15) is 18.7 Å². The third kappa shape index (κ3) is 3.41. The van der Waals surface area contributed by atoms with Crippen LogP contribution in [0, 0.1) is 29.4 Å². The number of rotatable bonds is 5. The van der Waals surface area contributed by atoms with Crippen molar-refractivity contribution in [3.05, 3.63) is 48.2 Å². The average molecular weight is 465 g/mol. The number of nitrogens with zero attached hydrogens (tertiary/aromatic N) is 3. The number of carbonyl (C=O) groups is 1. The Morgan fingerprint density at radius 3 is 2.65 bits per heavy atom. The van der Waals surface area contributed by atoms with Gasteiger partial charge in [0.25, 0.3) is 0 Å². The number of hydrogen-bond donors (Lipinski definition) is 3. The Morgan fingerprint density at radius 2 is 1.91 bits per heavy atom. The van der Waals surface area contributed by atoms with Gasteiger partial charge >= 0.3 is 5.97 Å². The van der Waals surface area contributed by atoms with Gasteiger partial charge < -0.3 is 14.8 Å². The molecule has 3 saturated carbocycles. The summed E-state index contributed by atoms with van der Waals surface area (Å²) in [5, 5.41) is 20.2. The first-order valence-corrected chi connectivity index (χ1v) is 11.2. The number of anilines is 1. The molecule has 2 atom stereocenters. The molecule has 3 aromatic heterocycles. The average Bonchev–Trinajstić information content (AvgIpc) is 3.50. The van der Waals surface area contributed by atoms with E-state index in [1.54, 1.807) is 18.2 Å². The van der Waals surface area contributed by atoms with Crippen molar-refractivity contribution in [1.29, 1.82) is 0 Å². The molecule has 10 heteroatoms. The minimum absolute atomic E-state index is 0.0495. The van der Waals surface area contributed by atoms with Gasteiger partial charge in [-0.2, -0.15) is 5.10 Å². The van der Waals surface area contributed by atoms with Crippen LogP contribution in [0.5, 0.6) is 0 Å². The van der Waals surface area contributed by atoms with Gasteiger partial charge in [-0.1, -0.05) is 0 Å². The molecular weight excluding hydrogens is 444 g/mol. The van der Waals surface area contributed by atoms with E-state index in [1.807, 2.05) is 0 Å². The van der Waals surface area contributed by atoms with Crippen LogP contribution in [0.3, 0.4) is 0 Å². The highest BCUT2D eigenvalue weighted by molar-refractivity contribution is 5.92. The first-order chi connectivity index (χ1) is 16.5. The molecular formula is C24H21F2N5O3. The van der Waals surface area contributed by atoms with Crippen molar-refractivity contribution in [1.82, 2.24) is 20.2 Å². The fraction of sp³-hybridized carbons (Fsp3) is 0.333. The van der Waals surface area contributed by atoms with E-state index < -0.39 is 23.5 Å². The molecule has 0 aliphatic heterocycles. The largest absolute Gasteiger partial charge is 0.481 e. The predicted octanol–water partition coefficient (Wildman–Crippen LogP) is 4.86. The normalized spacial score (nSPS) is 23.9. The zero-order chi connectivity index (χ0) is 23.4. The van der Waals surface area contributed by atoms with Gasteiger partial charge in [-0.25, -0.2) is 18.7 Å². The van der Waals surface area contributed by atoms with Gasteiger partial charge in [0.2, 0.25) is 0 Å². The maximum atomic E-state index is 14.2. The lowest BCUT2D eigenvalue weighted by atomic mass is 9.61. The molecule has 7 rings (SSSR count). The van der Waals surface area contributed by atoms with Gasteiger partial charge in [0.1, 0.15) is 28.5 Å². The van der Waals surface area contributed by atoms with Gasteiger partial charge in [-0.15, -0.1) is 0 Å². The topological polar surface area (TPSA) is 117 Å². The second-order valence-corrected chi connectivity index (χ2v) is 9.03. The molecule has 8 nitrogen and oxygen atoms in total. The highest BCUT2D eigenvalue weighted by Crippen LogP contribution is 2.46. The van der Waals surface area contributed by atoms with E-state index in [0.29, 0.717) is 17.3 Å². The summed E-state index contributed by atoms with van der Waals surface area (Å²) in [6, 6.07) is 6.83. The predicted molar refractivity (Wildman–Crippen MR) is 119 cm³/mol. The SMILES string of the molecule is O=C(O)[C@@H]1C2CCC(CC2)C1Nc1cc(-c2ccco2)nc(-c2n[nH]c3c(F)cc(F)cc23)n1. The maximum Gasteiger partial charge on any atom is 0.308 e. The van der Waals surface area contributed by atoms with Gasteiger partial charge in [0.15, 0.2) is 17.4 Å². The van der Waals surface area contributed by atoms with Crippen LogP contribution in [0.2, 0.25) is 0 Å². The van der Waals surface area contributed by atoms with Gasteiger partial charge in [0, 0.05) is 23.6 Å². The van der Waals surface area contributed by atoms with E-state index in [4.69, 9.17) is 4.42 Å². The minimum Gasteiger partial charge on any atom is -0.481 e. The van der Waals surface area contributed by atoms with Crippen LogP contribution >= 0.6 is 0 Å². The lowest BCUT2D eigenvalue weighted by Gasteiger charge is -2.47. The molecule has 3 aliphatic rings. The van der Waals surface area contributed by atoms with Crippen molar-refractivity contribution in [2.24, 2.45) is 17.8 Å². The van der Waals surface area contributed by atoms with E-state index in [2.05, 4.69) is 25.5 Å². The molecule has 0 saturated heterocycles. The van der Waals surface area contributed by atoms with E-state index in [-0.39, 0.29) is 40.3 Å². The number of nitrogens with one attached hydrogen (secondary N) is 2. The van der Waals surface area contributed by atoms with E-state index in [1.165, 1.54) is 12.3 Å². The Labute approximate surface area is 192 Å².